The van der Waals surface area contributed by atoms with Gasteiger partial charge in [-0.1, -0.05) is 17.7 Å². The van der Waals surface area contributed by atoms with E-state index in [0.29, 0.717) is 12.1 Å². The van der Waals surface area contributed by atoms with Crippen LogP contribution in [0.1, 0.15) is 24.0 Å². The van der Waals surface area contributed by atoms with Crippen LogP contribution < -0.4 is 20.7 Å². The molecule has 1 saturated heterocycles. The van der Waals surface area contributed by atoms with Gasteiger partial charge in [-0.05, 0) is 62.1 Å². The van der Waals surface area contributed by atoms with Crippen molar-refractivity contribution in [1.29, 1.82) is 0 Å². The molecule has 2 amide bonds. The van der Waals surface area contributed by atoms with Gasteiger partial charge >= 0.3 is 0 Å². The number of hydrogen-bond acceptors (Lipinski definition) is 5. The van der Waals surface area contributed by atoms with Gasteiger partial charge in [-0.2, -0.15) is 11.8 Å². The molecule has 0 radical (unpaired) electrons. The van der Waals surface area contributed by atoms with Crippen molar-refractivity contribution in [2.24, 2.45) is 5.92 Å². The Morgan fingerprint density at radius 1 is 1.27 bits per heavy atom. The number of benzene rings is 2. The third kappa shape index (κ3) is 3.56. The third-order valence-corrected chi connectivity index (χ3v) is 6.67. The molecule has 7 heteroatoms. The summed E-state index contributed by atoms with van der Waals surface area (Å²) in [7, 11) is 1.61. The molecule has 4 rings (SSSR count). The van der Waals surface area contributed by atoms with Crippen molar-refractivity contribution in [3.05, 3.63) is 53.6 Å². The fraction of sp³-hybridized carbons (Fsp3) is 0.391. The molecule has 6 nitrogen and oxygen atoms in total. The van der Waals surface area contributed by atoms with Crippen LogP contribution in [0.15, 0.2) is 42.5 Å². The van der Waals surface area contributed by atoms with Crippen LogP contribution in [0.5, 0.6) is 5.75 Å². The van der Waals surface area contributed by atoms with E-state index in [4.69, 9.17) is 4.74 Å². The Morgan fingerprint density at radius 2 is 2.03 bits per heavy atom. The number of carbonyl (C=O) groups excluding carboxylic acids is 2. The van der Waals surface area contributed by atoms with E-state index in [0.717, 1.165) is 34.7 Å². The lowest BCUT2D eigenvalue weighted by atomic mass is 9.79. The summed E-state index contributed by atoms with van der Waals surface area (Å²) in [6, 6.07) is 13.2. The van der Waals surface area contributed by atoms with Crippen molar-refractivity contribution in [3.8, 4) is 5.75 Å². The summed E-state index contributed by atoms with van der Waals surface area (Å²) in [5, 5.41) is 9.57. The average molecular weight is 426 g/mol. The lowest BCUT2D eigenvalue weighted by molar-refractivity contribution is -0.130. The second-order valence-electron chi connectivity index (χ2n) is 7.94. The number of amides is 2. The fourth-order valence-electron chi connectivity index (χ4n) is 4.53. The zero-order chi connectivity index (χ0) is 21.3. The second kappa shape index (κ2) is 8.32. The van der Waals surface area contributed by atoms with E-state index in [1.54, 1.807) is 31.0 Å². The van der Waals surface area contributed by atoms with E-state index in [1.807, 2.05) is 37.3 Å². The maximum absolute atomic E-state index is 13.4. The van der Waals surface area contributed by atoms with Gasteiger partial charge in [-0.3, -0.25) is 14.9 Å². The smallest absolute Gasteiger partial charge is 0.250 e. The first kappa shape index (κ1) is 20.8. The zero-order valence-electron chi connectivity index (χ0n) is 17.5. The van der Waals surface area contributed by atoms with Gasteiger partial charge in [0.15, 0.2) is 0 Å². The Kier molecular flexibility index (Phi) is 5.75. The number of carbonyl (C=O) groups is 2. The van der Waals surface area contributed by atoms with Crippen molar-refractivity contribution in [2.45, 2.75) is 31.3 Å². The van der Waals surface area contributed by atoms with E-state index in [9.17, 15) is 9.59 Å². The van der Waals surface area contributed by atoms with Crippen molar-refractivity contribution >= 4 is 35.0 Å². The maximum Gasteiger partial charge on any atom is 0.250 e. The molecular weight excluding hydrogens is 398 g/mol. The molecule has 0 aliphatic carbocycles. The predicted octanol–water partition coefficient (Wildman–Crippen LogP) is 3.52. The van der Waals surface area contributed by atoms with Crippen LogP contribution in [0.25, 0.3) is 0 Å². The minimum Gasteiger partial charge on any atom is -0.497 e. The summed E-state index contributed by atoms with van der Waals surface area (Å²) in [5.41, 5.74) is 2.36. The highest BCUT2D eigenvalue weighted by Crippen LogP contribution is 2.48. The predicted molar refractivity (Wildman–Crippen MR) is 121 cm³/mol. The van der Waals surface area contributed by atoms with E-state index < -0.39 is 11.5 Å². The van der Waals surface area contributed by atoms with Crippen LogP contribution in [0.2, 0.25) is 0 Å². The minimum atomic E-state index is -1.04. The van der Waals surface area contributed by atoms with Gasteiger partial charge in [-0.15, -0.1) is 0 Å². The van der Waals surface area contributed by atoms with Gasteiger partial charge in [0, 0.05) is 23.0 Å². The number of ether oxygens (including phenoxy) is 1. The van der Waals surface area contributed by atoms with Gasteiger partial charge in [0.2, 0.25) is 11.8 Å². The van der Waals surface area contributed by atoms with Gasteiger partial charge in [0.1, 0.15) is 11.3 Å². The highest BCUT2D eigenvalue weighted by molar-refractivity contribution is 7.98. The molecule has 2 aromatic rings. The Balaban J connectivity index is 1.68. The highest BCUT2D eigenvalue weighted by Gasteiger charge is 2.59. The van der Waals surface area contributed by atoms with Crippen molar-refractivity contribution in [1.82, 2.24) is 5.32 Å². The van der Waals surface area contributed by atoms with E-state index >= 15 is 0 Å². The molecule has 2 heterocycles. The summed E-state index contributed by atoms with van der Waals surface area (Å²) in [6.07, 6.45) is 3.59. The Labute approximate surface area is 181 Å². The number of methoxy groups -OCH3 is 1. The molecule has 158 valence electrons. The molecule has 30 heavy (non-hydrogen) atoms. The molecule has 1 fully saturated rings. The summed E-state index contributed by atoms with van der Waals surface area (Å²) in [6.45, 7) is 2.00. The van der Waals surface area contributed by atoms with Crippen LogP contribution in [-0.4, -0.2) is 37.0 Å². The molecule has 1 spiro atoms. The van der Waals surface area contributed by atoms with Crippen molar-refractivity contribution in [3.63, 3.8) is 0 Å². The molecule has 3 N–H and O–H groups in total. The van der Waals surface area contributed by atoms with E-state index in [-0.39, 0.29) is 17.9 Å². The van der Waals surface area contributed by atoms with Crippen LogP contribution in [0.3, 0.4) is 0 Å². The maximum atomic E-state index is 13.4. The zero-order valence-corrected chi connectivity index (χ0v) is 18.3. The van der Waals surface area contributed by atoms with Gasteiger partial charge in [0.05, 0.1) is 13.0 Å². The highest BCUT2D eigenvalue weighted by atomic mass is 32.2. The van der Waals surface area contributed by atoms with Gasteiger partial charge < -0.3 is 15.4 Å². The van der Waals surface area contributed by atoms with Crippen molar-refractivity contribution in [2.75, 3.05) is 29.8 Å². The number of nitrogens with one attached hydrogen (secondary N) is 3. The number of rotatable bonds is 6. The van der Waals surface area contributed by atoms with Crippen LogP contribution >= 0.6 is 11.8 Å². The summed E-state index contributed by atoms with van der Waals surface area (Å²) >= 11 is 1.77. The van der Waals surface area contributed by atoms with Crippen LogP contribution in [0, 0.1) is 12.8 Å². The van der Waals surface area contributed by atoms with E-state index in [1.165, 1.54) is 0 Å². The lowest BCUT2D eigenvalue weighted by Gasteiger charge is -2.29. The normalized spacial score (nSPS) is 24.6. The largest absolute Gasteiger partial charge is 0.497 e. The summed E-state index contributed by atoms with van der Waals surface area (Å²) in [5.74, 6) is 0.898. The first-order chi connectivity index (χ1) is 14.5. The number of aryl methyl sites for hydroxylation is 1. The molecule has 2 aliphatic heterocycles. The second-order valence-corrected chi connectivity index (χ2v) is 8.93. The molecule has 0 saturated carbocycles. The quantitative estimate of drug-likeness (QED) is 0.660. The first-order valence-corrected chi connectivity index (χ1v) is 11.5. The van der Waals surface area contributed by atoms with Crippen LogP contribution in [-0.2, 0) is 15.1 Å². The molecule has 2 aliphatic rings. The number of fused-ring (bicyclic) bond motifs is 2. The minimum absolute atomic E-state index is 0.0984. The monoisotopic (exact) mass is 425 g/mol. The van der Waals surface area contributed by atoms with Gasteiger partial charge in [0.25, 0.3) is 0 Å². The molecular formula is C23H27N3O3S. The summed E-state index contributed by atoms with van der Waals surface area (Å²) < 4.78 is 5.19. The topological polar surface area (TPSA) is 79.5 Å². The standard InChI is InChI=1S/C23H27N3O3S/c1-14-4-9-20-18(12-14)23(22(28)25-20)19(13-16(26-23)10-11-30-3)21(27)24-15-5-7-17(29-2)8-6-15/h4-9,12,16,19,26H,10-11,13H2,1-3H3,(H,24,27)(H,25,28)/t16-,19-,23+/m0/s1. The Bertz CT molecular complexity index is 963. The third-order valence-electron chi connectivity index (χ3n) is 6.03. The van der Waals surface area contributed by atoms with Crippen molar-refractivity contribution < 1.29 is 14.3 Å². The molecule has 0 unspecified atom stereocenters. The lowest BCUT2D eigenvalue weighted by Crippen LogP contribution is -2.52. The SMILES string of the molecule is COc1ccc(NC(=O)[C@@H]2C[C@H](CCSC)N[C@@]23C(=O)Nc2ccc(C)cc23)cc1. The Hall–Kier alpha value is -2.51. The molecule has 0 aromatic heterocycles. The number of hydrogen-bond donors (Lipinski definition) is 3. The van der Waals surface area contributed by atoms with E-state index in [2.05, 4.69) is 22.2 Å². The van der Waals surface area contributed by atoms with Gasteiger partial charge in [-0.25, -0.2) is 0 Å². The number of anilines is 2. The Morgan fingerprint density at radius 3 is 2.73 bits per heavy atom. The van der Waals surface area contributed by atoms with Crippen LogP contribution in [0.4, 0.5) is 11.4 Å². The summed E-state index contributed by atoms with van der Waals surface area (Å²) in [4.78, 5) is 26.7. The first-order valence-electron chi connectivity index (χ1n) is 10.1. The fourth-order valence-corrected chi connectivity index (χ4v) is 5.05. The average Bonchev–Trinajstić information content (AvgIpc) is 3.26. The molecule has 2 aromatic carbocycles. The number of thioether (sulfide) groups is 1. The molecule has 0 bridgehead atoms. The molecule has 3 atom stereocenters.